The molecule has 114 valence electrons. The van der Waals surface area contributed by atoms with Crippen LogP contribution in [-0.2, 0) is 4.79 Å². The van der Waals surface area contributed by atoms with E-state index in [9.17, 15) is 4.79 Å². The molecule has 0 bridgehead atoms. The molecule has 4 heteroatoms. The number of rotatable bonds is 4. The molecule has 21 heavy (non-hydrogen) atoms. The smallest absolute Gasteiger partial charge is 0.222 e. The van der Waals surface area contributed by atoms with Gasteiger partial charge in [0.05, 0.1) is 10.9 Å². The average molecular weight is 304 g/mol. The molecule has 2 rings (SSSR count). The van der Waals surface area contributed by atoms with Crippen LogP contribution in [0.4, 0.5) is 0 Å². The lowest BCUT2D eigenvalue weighted by atomic mass is 9.80. The maximum Gasteiger partial charge on any atom is 0.222 e. The highest BCUT2D eigenvalue weighted by Crippen LogP contribution is 2.35. The van der Waals surface area contributed by atoms with Crippen molar-refractivity contribution in [3.63, 3.8) is 0 Å². The molecule has 1 aromatic carbocycles. The van der Waals surface area contributed by atoms with Gasteiger partial charge in [0, 0.05) is 19.5 Å². The highest BCUT2D eigenvalue weighted by Gasteiger charge is 2.37. The fourth-order valence-corrected chi connectivity index (χ4v) is 3.00. The maximum absolute atomic E-state index is 12.3. The molecule has 1 heterocycles. The molecule has 0 spiro atoms. The molecule has 1 amide bonds. The predicted molar refractivity (Wildman–Crippen MR) is 90.1 cm³/mol. The third-order valence-corrected chi connectivity index (χ3v) is 4.67. The summed E-state index contributed by atoms with van der Waals surface area (Å²) in [5.41, 5.74) is 7.14. The molecule has 1 fully saturated rings. The van der Waals surface area contributed by atoms with E-state index >= 15 is 0 Å². The minimum absolute atomic E-state index is 0.0659. The molecule has 2 unspecified atom stereocenters. The number of carbonyl (C=O) groups excluding carboxylic acids is 1. The van der Waals surface area contributed by atoms with Gasteiger partial charge in [-0.25, -0.2) is 0 Å². The van der Waals surface area contributed by atoms with Crippen molar-refractivity contribution in [1.82, 2.24) is 4.90 Å². The van der Waals surface area contributed by atoms with E-state index in [-0.39, 0.29) is 17.2 Å². The summed E-state index contributed by atoms with van der Waals surface area (Å²) >= 11 is 5.21. The van der Waals surface area contributed by atoms with E-state index in [0.717, 1.165) is 12.1 Å². The highest BCUT2D eigenvalue weighted by molar-refractivity contribution is 7.80. The first-order valence-corrected chi connectivity index (χ1v) is 7.82. The predicted octanol–water partition coefficient (Wildman–Crippen LogP) is 2.95. The van der Waals surface area contributed by atoms with Gasteiger partial charge in [0.25, 0.3) is 0 Å². The van der Waals surface area contributed by atoms with E-state index in [1.54, 1.807) is 0 Å². The minimum atomic E-state index is -0.0659. The number of carbonyl (C=O) groups is 1. The lowest BCUT2D eigenvalue weighted by Gasteiger charge is -2.28. The summed E-state index contributed by atoms with van der Waals surface area (Å²) in [7, 11) is 0. The average Bonchev–Trinajstić information content (AvgIpc) is 2.78. The van der Waals surface area contributed by atoms with Crippen LogP contribution in [0.15, 0.2) is 30.3 Å². The second-order valence-corrected chi connectivity index (χ2v) is 7.40. The van der Waals surface area contributed by atoms with E-state index in [1.807, 2.05) is 35.2 Å². The van der Waals surface area contributed by atoms with Gasteiger partial charge in [0.15, 0.2) is 0 Å². The molecule has 0 radical (unpaired) electrons. The number of amides is 1. The summed E-state index contributed by atoms with van der Waals surface area (Å²) in [5.74, 6) is 0.545. The van der Waals surface area contributed by atoms with Crippen LogP contribution in [-0.4, -0.2) is 28.9 Å². The van der Waals surface area contributed by atoms with Crippen LogP contribution in [0.3, 0.4) is 0 Å². The van der Waals surface area contributed by atoms with Gasteiger partial charge in [-0.1, -0.05) is 63.3 Å². The summed E-state index contributed by atoms with van der Waals surface area (Å²) < 4.78 is 0. The first kappa shape index (κ1) is 16.0. The van der Waals surface area contributed by atoms with Crippen LogP contribution in [0.2, 0.25) is 0 Å². The van der Waals surface area contributed by atoms with Gasteiger partial charge in [-0.3, -0.25) is 4.79 Å². The molecule has 3 nitrogen and oxygen atoms in total. The Kier molecular flexibility index (Phi) is 4.67. The van der Waals surface area contributed by atoms with Crippen LogP contribution in [0.1, 0.15) is 38.7 Å². The lowest BCUT2D eigenvalue weighted by molar-refractivity contribution is -0.127. The Morgan fingerprint density at radius 2 is 2.00 bits per heavy atom. The molecule has 1 aromatic rings. The van der Waals surface area contributed by atoms with Crippen LogP contribution >= 0.6 is 12.2 Å². The van der Waals surface area contributed by atoms with Gasteiger partial charge in [0.1, 0.15) is 0 Å². The van der Waals surface area contributed by atoms with Gasteiger partial charge in [-0.05, 0) is 16.9 Å². The number of nitrogens with two attached hydrogens (primary N) is 1. The molecule has 1 aliphatic rings. The van der Waals surface area contributed by atoms with Gasteiger partial charge in [-0.2, -0.15) is 0 Å². The molecule has 0 aliphatic carbocycles. The van der Waals surface area contributed by atoms with Crippen molar-refractivity contribution < 1.29 is 4.79 Å². The Morgan fingerprint density at radius 1 is 1.38 bits per heavy atom. The fourth-order valence-electron chi connectivity index (χ4n) is 2.79. The van der Waals surface area contributed by atoms with E-state index in [0.29, 0.717) is 23.9 Å². The summed E-state index contributed by atoms with van der Waals surface area (Å²) in [4.78, 5) is 14.6. The molecule has 0 aromatic heterocycles. The third kappa shape index (κ3) is 3.82. The molecule has 2 atom stereocenters. The molecule has 1 saturated heterocycles. The number of hydrogen-bond acceptors (Lipinski definition) is 2. The number of hydrogen-bond donors (Lipinski definition) is 1. The van der Waals surface area contributed by atoms with Crippen LogP contribution in [0, 0.1) is 11.3 Å². The molecule has 2 N–H and O–H groups in total. The lowest BCUT2D eigenvalue weighted by Crippen LogP contribution is -2.35. The third-order valence-electron chi connectivity index (χ3n) is 4.39. The van der Waals surface area contributed by atoms with Crippen molar-refractivity contribution in [2.45, 2.75) is 33.1 Å². The molecular formula is C17H24N2OS. The molecule has 1 aliphatic heterocycles. The van der Waals surface area contributed by atoms with E-state index in [2.05, 4.69) is 20.8 Å². The largest absolute Gasteiger partial charge is 0.393 e. The summed E-state index contributed by atoms with van der Waals surface area (Å²) in [6, 6.07) is 9.96. The zero-order valence-electron chi connectivity index (χ0n) is 13.0. The Balaban J connectivity index is 2.12. The summed E-state index contributed by atoms with van der Waals surface area (Å²) in [6.07, 6.45) is 0.627. The SMILES string of the molecule is CC(C)(C)C1CC(=O)N(CC(C(N)=S)c2ccccc2)C1. The van der Waals surface area contributed by atoms with Gasteiger partial charge in [-0.15, -0.1) is 0 Å². The number of benzene rings is 1. The Hall–Kier alpha value is -1.42. The van der Waals surface area contributed by atoms with E-state index in [1.165, 1.54) is 0 Å². The second-order valence-electron chi connectivity index (χ2n) is 6.93. The van der Waals surface area contributed by atoms with E-state index in [4.69, 9.17) is 18.0 Å². The van der Waals surface area contributed by atoms with Gasteiger partial charge >= 0.3 is 0 Å². The highest BCUT2D eigenvalue weighted by atomic mass is 32.1. The Labute approximate surface area is 132 Å². The number of thiocarbonyl (C=S) groups is 1. The summed E-state index contributed by atoms with van der Waals surface area (Å²) in [6.45, 7) is 7.96. The Morgan fingerprint density at radius 3 is 2.48 bits per heavy atom. The van der Waals surface area contributed by atoms with Gasteiger partial charge in [0.2, 0.25) is 5.91 Å². The first-order valence-electron chi connectivity index (χ1n) is 7.41. The Bertz CT molecular complexity index is 521. The van der Waals surface area contributed by atoms with Crippen molar-refractivity contribution in [2.24, 2.45) is 17.1 Å². The number of nitrogens with zero attached hydrogens (tertiary/aromatic N) is 1. The molecule has 0 saturated carbocycles. The van der Waals surface area contributed by atoms with E-state index < -0.39 is 0 Å². The topological polar surface area (TPSA) is 46.3 Å². The standard InChI is InChI=1S/C17H24N2OS/c1-17(2,3)13-9-15(20)19(10-13)11-14(16(18)21)12-7-5-4-6-8-12/h4-8,13-14H,9-11H2,1-3H3,(H2,18,21). The fraction of sp³-hybridized carbons (Fsp3) is 0.529. The monoisotopic (exact) mass is 304 g/mol. The van der Waals surface area contributed by atoms with Gasteiger partial charge < -0.3 is 10.6 Å². The summed E-state index contributed by atoms with van der Waals surface area (Å²) in [5, 5.41) is 0. The van der Waals surface area contributed by atoms with Crippen molar-refractivity contribution in [2.75, 3.05) is 13.1 Å². The zero-order valence-corrected chi connectivity index (χ0v) is 13.8. The zero-order chi connectivity index (χ0) is 15.6. The van der Waals surface area contributed by atoms with Crippen molar-refractivity contribution in [3.8, 4) is 0 Å². The second kappa shape index (κ2) is 6.14. The van der Waals surface area contributed by atoms with Crippen molar-refractivity contribution >= 4 is 23.1 Å². The first-order chi connectivity index (χ1) is 9.79. The van der Waals surface area contributed by atoms with Crippen molar-refractivity contribution in [1.29, 1.82) is 0 Å². The normalized spacial score (nSPS) is 20.6. The van der Waals surface area contributed by atoms with Crippen molar-refractivity contribution in [3.05, 3.63) is 35.9 Å². The number of likely N-dealkylation sites (tertiary alicyclic amines) is 1. The van der Waals surface area contributed by atoms with Crippen LogP contribution in [0.25, 0.3) is 0 Å². The maximum atomic E-state index is 12.3. The van der Waals surface area contributed by atoms with Crippen LogP contribution in [0.5, 0.6) is 0 Å². The minimum Gasteiger partial charge on any atom is -0.393 e. The quantitative estimate of drug-likeness (QED) is 0.870. The molecular weight excluding hydrogens is 280 g/mol. The van der Waals surface area contributed by atoms with Crippen LogP contribution < -0.4 is 5.73 Å².